The van der Waals surface area contributed by atoms with Gasteiger partial charge in [-0.1, -0.05) is 6.07 Å². The molecule has 98 valence electrons. The topological polar surface area (TPSA) is 72.4 Å². The Labute approximate surface area is 111 Å². The molecule has 0 spiro atoms. The minimum Gasteiger partial charge on any atom is -0.438 e. The standard InChI is InChI=1S/C14H15N3O2/c1-8-5-10-3-4-17(12(10)6-11(8)15)14(18)13-9(2)16-7-19-13/h5-7H,3-4,15H2,1-2H3. The van der Waals surface area contributed by atoms with Crippen molar-refractivity contribution >= 4 is 17.3 Å². The van der Waals surface area contributed by atoms with Crippen LogP contribution in [-0.4, -0.2) is 17.4 Å². The second-order valence-electron chi connectivity index (χ2n) is 4.81. The third kappa shape index (κ3) is 1.78. The molecule has 0 aliphatic carbocycles. The fourth-order valence-electron chi connectivity index (χ4n) is 2.42. The highest BCUT2D eigenvalue weighted by Gasteiger charge is 2.29. The molecule has 2 N–H and O–H groups in total. The number of carbonyl (C=O) groups excluding carboxylic acids is 1. The molecule has 0 fully saturated rings. The van der Waals surface area contributed by atoms with Crippen LogP contribution in [0.3, 0.4) is 0 Å². The predicted molar refractivity (Wildman–Crippen MR) is 72.2 cm³/mol. The van der Waals surface area contributed by atoms with Crippen molar-refractivity contribution in [1.82, 2.24) is 4.98 Å². The molecule has 1 aliphatic heterocycles. The van der Waals surface area contributed by atoms with Crippen molar-refractivity contribution in [2.45, 2.75) is 20.3 Å². The van der Waals surface area contributed by atoms with Gasteiger partial charge in [-0.3, -0.25) is 4.79 Å². The number of fused-ring (bicyclic) bond motifs is 1. The van der Waals surface area contributed by atoms with Crippen molar-refractivity contribution in [3.05, 3.63) is 41.1 Å². The van der Waals surface area contributed by atoms with Gasteiger partial charge in [0.1, 0.15) is 0 Å². The Morgan fingerprint density at radius 2 is 2.21 bits per heavy atom. The molecule has 19 heavy (non-hydrogen) atoms. The summed E-state index contributed by atoms with van der Waals surface area (Å²) in [5.41, 5.74) is 10.3. The van der Waals surface area contributed by atoms with Crippen molar-refractivity contribution in [2.75, 3.05) is 17.2 Å². The molecule has 0 atom stereocenters. The van der Waals surface area contributed by atoms with Crippen molar-refractivity contribution in [2.24, 2.45) is 0 Å². The molecular weight excluding hydrogens is 242 g/mol. The molecule has 0 bridgehead atoms. The summed E-state index contributed by atoms with van der Waals surface area (Å²) in [6.07, 6.45) is 2.14. The first-order valence-electron chi connectivity index (χ1n) is 6.19. The molecule has 5 nitrogen and oxygen atoms in total. The Balaban J connectivity index is 2.01. The number of oxazole rings is 1. The van der Waals surface area contributed by atoms with Crippen LogP contribution in [0, 0.1) is 13.8 Å². The van der Waals surface area contributed by atoms with E-state index in [9.17, 15) is 4.79 Å². The third-order valence-corrected chi connectivity index (χ3v) is 3.55. The number of hydrogen-bond donors (Lipinski definition) is 1. The van der Waals surface area contributed by atoms with E-state index in [1.807, 2.05) is 19.1 Å². The number of hydrogen-bond acceptors (Lipinski definition) is 4. The first-order valence-corrected chi connectivity index (χ1v) is 6.19. The normalized spacial score (nSPS) is 13.7. The number of aryl methyl sites for hydroxylation is 2. The maximum Gasteiger partial charge on any atom is 0.295 e. The summed E-state index contributed by atoms with van der Waals surface area (Å²) in [5.74, 6) is 0.143. The summed E-state index contributed by atoms with van der Waals surface area (Å²) in [6, 6.07) is 3.91. The lowest BCUT2D eigenvalue weighted by atomic mass is 10.1. The van der Waals surface area contributed by atoms with Gasteiger partial charge in [-0.15, -0.1) is 0 Å². The molecule has 5 heteroatoms. The van der Waals surface area contributed by atoms with Crippen LogP contribution in [0.5, 0.6) is 0 Å². The van der Waals surface area contributed by atoms with E-state index >= 15 is 0 Å². The Bertz CT molecular complexity index is 661. The van der Waals surface area contributed by atoms with Gasteiger partial charge >= 0.3 is 0 Å². The fourth-order valence-corrected chi connectivity index (χ4v) is 2.42. The van der Waals surface area contributed by atoms with Crippen molar-refractivity contribution in [3.8, 4) is 0 Å². The van der Waals surface area contributed by atoms with Crippen molar-refractivity contribution < 1.29 is 9.21 Å². The number of nitrogens with two attached hydrogens (primary N) is 1. The molecule has 1 aliphatic rings. The summed E-state index contributed by atoms with van der Waals surface area (Å²) in [4.78, 5) is 18.1. The number of nitrogen functional groups attached to an aromatic ring is 1. The van der Waals surface area contributed by atoms with Gasteiger partial charge < -0.3 is 15.1 Å². The lowest BCUT2D eigenvalue weighted by Crippen LogP contribution is -2.29. The largest absolute Gasteiger partial charge is 0.438 e. The fraction of sp³-hybridized carbons (Fsp3) is 0.286. The Morgan fingerprint density at radius 1 is 1.42 bits per heavy atom. The summed E-state index contributed by atoms with van der Waals surface area (Å²) in [5, 5.41) is 0. The molecule has 0 unspecified atom stereocenters. The number of anilines is 2. The van der Waals surface area contributed by atoms with Crippen LogP contribution in [-0.2, 0) is 6.42 Å². The smallest absolute Gasteiger partial charge is 0.295 e. The minimum atomic E-state index is -0.156. The average Bonchev–Trinajstić information content (AvgIpc) is 2.96. The highest BCUT2D eigenvalue weighted by atomic mass is 16.3. The number of benzene rings is 1. The van der Waals surface area contributed by atoms with Crippen LogP contribution in [0.25, 0.3) is 0 Å². The van der Waals surface area contributed by atoms with Gasteiger partial charge in [0, 0.05) is 17.9 Å². The highest BCUT2D eigenvalue weighted by molar-refractivity contribution is 6.06. The molecule has 1 amide bonds. The van der Waals surface area contributed by atoms with Gasteiger partial charge in [0.05, 0.1) is 5.69 Å². The van der Waals surface area contributed by atoms with Crippen LogP contribution in [0.1, 0.15) is 27.4 Å². The molecule has 2 heterocycles. The summed E-state index contributed by atoms with van der Waals surface area (Å²) in [6.45, 7) is 4.38. The molecule has 0 saturated carbocycles. The second-order valence-corrected chi connectivity index (χ2v) is 4.81. The predicted octanol–water partition coefficient (Wildman–Crippen LogP) is 2.08. The van der Waals surface area contributed by atoms with Gasteiger partial charge in [-0.2, -0.15) is 0 Å². The third-order valence-electron chi connectivity index (χ3n) is 3.55. The number of aromatic nitrogens is 1. The van der Waals surface area contributed by atoms with E-state index in [1.165, 1.54) is 6.39 Å². The molecule has 3 rings (SSSR count). The summed E-state index contributed by atoms with van der Waals surface area (Å²) >= 11 is 0. The van der Waals surface area contributed by atoms with E-state index < -0.39 is 0 Å². The van der Waals surface area contributed by atoms with Crippen LogP contribution in [0.15, 0.2) is 22.9 Å². The van der Waals surface area contributed by atoms with Gasteiger partial charge in [0.2, 0.25) is 5.76 Å². The van der Waals surface area contributed by atoms with Crippen LogP contribution >= 0.6 is 0 Å². The Morgan fingerprint density at radius 3 is 2.89 bits per heavy atom. The molecule has 2 aromatic rings. The summed E-state index contributed by atoms with van der Waals surface area (Å²) in [7, 11) is 0. The van der Waals surface area contributed by atoms with Gasteiger partial charge in [-0.25, -0.2) is 4.98 Å². The molecule has 0 saturated heterocycles. The maximum absolute atomic E-state index is 12.4. The SMILES string of the molecule is Cc1cc2c(cc1N)N(C(=O)c1ocnc1C)CC2. The quantitative estimate of drug-likeness (QED) is 0.794. The summed E-state index contributed by atoms with van der Waals surface area (Å²) < 4.78 is 5.17. The van der Waals surface area contributed by atoms with Crippen LogP contribution in [0.2, 0.25) is 0 Å². The molecular formula is C14H15N3O2. The zero-order valence-corrected chi connectivity index (χ0v) is 10.9. The number of carbonyl (C=O) groups is 1. The molecule has 1 aromatic carbocycles. The van der Waals surface area contributed by atoms with E-state index in [1.54, 1.807) is 11.8 Å². The van der Waals surface area contributed by atoms with E-state index in [2.05, 4.69) is 4.98 Å². The monoisotopic (exact) mass is 257 g/mol. The number of nitrogens with zero attached hydrogens (tertiary/aromatic N) is 2. The van der Waals surface area contributed by atoms with E-state index in [0.717, 1.165) is 23.2 Å². The minimum absolute atomic E-state index is 0.156. The number of amides is 1. The van der Waals surface area contributed by atoms with Gasteiger partial charge in [0.25, 0.3) is 5.91 Å². The average molecular weight is 257 g/mol. The van der Waals surface area contributed by atoms with Crippen molar-refractivity contribution in [1.29, 1.82) is 0 Å². The second kappa shape index (κ2) is 4.12. The van der Waals surface area contributed by atoms with Crippen LogP contribution < -0.4 is 10.6 Å². The lowest BCUT2D eigenvalue weighted by Gasteiger charge is -2.17. The first-order chi connectivity index (χ1) is 9.08. The van der Waals surface area contributed by atoms with Crippen LogP contribution in [0.4, 0.5) is 11.4 Å². The first kappa shape index (κ1) is 11.8. The van der Waals surface area contributed by atoms with Gasteiger partial charge in [0.15, 0.2) is 6.39 Å². The number of rotatable bonds is 1. The highest BCUT2D eigenvalue weighted by Crippen LogP contribution is 2.33. The Hall–Kier alpha value is -2.30. The van der Waals surface area contributed by atoms with Crippen molar-refractivity contribution in [3.63, 3.8) is 0 Å². The zero-order chi connectivity index (χ0) is 13.6. The maximum atomic E-state index is 12.4. The molecule has 0 radical (unpaired) electrons. The molecule has 1 aromatic heterocycles. The van der Waals surface area contributed by atoms with E-state index in [-0.39, 0.29) is 5.91 Å². The van der Waals surface area contributed by atoms with E-state index in [4.69, 9.17) is 10.2 Å². The lowest BCUT2D eigenvalue weighted by molar-refractivity contribution is 0.0962. The zero-order valence-electron chi connectivity index (χ0n) is 10.9. The van der Waals surface area contributed by atoms with E-state index in [0.29, 0.717) is 23.7 Å². The van der Waals surface area contributed by atoms with Gasteiger partial charge in [-0.05, 0) is 37.5 Å². The Kier molecular flexibility index (Phi) is 2.55.